The standard InChI is InChI=1S/C30H39NO8/c32-24(17-16-22-10-4-3-5-11-22)18-19-26-25(27(33)20-28(26)34)13-6-1-2-7-15-30(35)39-29-14-9-8-12-23(29)21-38-31(36)37/h1,3-6,8-12,14,24-28,32-34H,2,7,13,15-21H2/b6-1-/t24-,25+,26+,27-,28+/m0/s1. The van der Waals surface area contributed by atoms with E-state index in [1.807, 2.05) is 42.5 Å². The molecule has 3 rings (SSSR count). The maximum absolute atomic E-state index is 12.2. The van der Waals surface area contributed by atoms with Gasteiger partial charge in [0, 0.05) is 12.0 Å². The first-order chi connectivity index (χ1) is 18.8. The maximum atomic E-state index is 12.2. The molecule has 1 saturated carbocycles. The predicted molar refractivity (Wildman–Crippen MR) is 145 cm³/mol. The van der Waals surface area contributed by atoms with Crippen molar-refractivity contribution in [1.82, 2.24) is 0 Å². The average Bonchev–Trinajstić information content (AvgIpc) is 3.19. The molecule has 0 bridgehead atoms. The van der Waals surface area contributed by atoms with Crippen LogP contribution >= 0.6 is 0 Å². The van der Waals surface area contributed by atoms with E-state index in [-0.39, 0.29) is 30.6 Å². The van der Waals surface area contributed by atoms with Gasteiger partial charge < -0.3 is 24.9 Å². The van der Waals surface area contributed by atoms with Crippen LogP contribution in [-0.4, -0.2) is 44.7 Å². The molecule has 0 unspecified atom stereocenters. The lowest BCUT2D eigenvalue weighted by atomic mass is 9.85. The second-order valence-corrected chi connectivity index (χ2v) is 10.1. The summed E-state index contributed by atoms with van der Waals surface area (Å²) in [4.78, 5) is 27.0. The van der Waals surface area contributed by atoms with Crippen LogP contribution in [0.25, 0.3) is 0 Å². The fraction of sp³-hybridized carbons (Fsp3) is 0.500. The smallest absolute Gasteiger partial charge is 0.311 e. The largest absolute Gasteiger partial charge is 0.426 e. The molecule has 1 aliphatic carbocycles. The number of unbranched alkanes of at least 4 members (excludes halogenated alkanes) is 1. The summed E-state index contributed by atoms with van der Waals surface area (Å²) in [5.41, 5.74) is 1.61. The van der Waals surface area contributed by atoms with Crippen LogP contribution in [0.15, 0.2) is 66.7 Å². The Balaban J connectivity index is 1.36. The van der Waals surface area contributed by atoms with Crippen LogP contribution in [-0.2, 0) is 22.7 Å². The highest BCUT2D eigenvalue weighted by Crippen LogP contribution is 2.38. The Kier molecular flexibility index (Phi) is 12.4. The van der Waals surface area contributed by atoms with Gasteiger partial charge >= 0.3 is 5.97 Å². The summed E-state index contributed by atoms with van der Waals surface area (Å²) in [6, 6.07) is 16.6. The van der Waals surface area contributed by atoms with Crippen LogP contribution in [0.2, 0.25) is 0 Å². The number of allylic oxidation sites excluding steroid dienone is 2. The van der Waals surface area contributed by atoms with Crippen molar-refractivity contribution in [3.63, 3.8) is 0 Å². The van der Waals surface area contributed by atoms with Crippen LogP contribution in [0, 0.1) is 22.0 Å². The number of aryl methyl sites for hydroxylation is 1. The van der Waals surface area contributed by atoms with E-state index in [0.717, 1.165) is 6.42 Å². The summed E-state index contributed by atoms with van der Waals surface area (Å²) in [6.45, 7) is -0.297. The highest BCUT2D eigenvalue weighted by atomic mass is 16.9. The Morgan fingerprint density at radius 3 is 2.51 bits per heavy atom. The summed E-state index contributed by atoms with van der Waals surface area (Å²) < 4.78 is 5.35. The van der Waals surface area contributed by atoms with Gasteiger partial charge in [-0.25, -0.2) is 0 Å². The fourth-order valence-electron chi connectivity index (χ4n) is 5.17. The molecule has 0 saturated heterocycles. The van der Waals surface area contributed by atoms with E-state index >= 15 is 0 Å². The minimum atomic E-state index is -0.894. The lowest BCUT2D eigenvalue weighted by Gasteiger charge is -2.23. The highest BCUT2D eigenvalue weighted by Gasteiger charge is 2.40. The molecular formula is C30H39NO8. The van der Waals surface area contributed by atoms with E-state index in [2.05, 4.69) is 4.84 Å². The van der Waals surface area contributed by atoms with E-state index < -0.39 is 29.4 Å². The summed E-state index contributed by atoms with van der Waals surface area (Å²) in [7, 11) is 0. The molecule has 2 aromatic rings. The Bertz CT molecular complexity index is 1060. The van der Waals surface area contributed by atoms with E-state index in [9.17, 15) is 30.2 Å². The van der Waals surface area contributed by atoms with Gasteiger partial charge in [-0.3, -0.25) is 4.79 Å². The molecule has 39 heavy (non-hydrogen) atoms. The van der Waals surface area contributed by atoms with Gasteiger partial charge in [0.15, 0.2) is 0 Å². The van der Waals surface area contributed by atoms with Gasteiger partial charge in [0.05, 0.1) is 18.3 Å². The maximum Gasteiger partial charge on any atom is 0.311 e. The number of carbonyl (C=O) groups excluding carboxylic acids is 1. The lowest BCUT2D eigenvalue weighted by molar-refractivity contribution is -0.763. The van der Waals surface area contributed by atoms with Gasteiger partial charge in [-0.15, -0.1) is 10.1 Å². The number of para-hydroxylation sites is 1. The normalized spacial score (nSPS) is 21.6. The van der Waals surface area contributed by atoms with Gasteiger partial charge in [-0.2, -0.15) is 0 Å². The van der Waals surface area contributed by atoms with Crippen LogP contribution in [0.1, 0.15) is 62.5 Å². The number of ether oxygens (including phenoxy) is 1. The molecule has 5 atom stereocenters. The zero-order valence-corrected chi connectivity index (χ0v) is 22.1. The molecule has 0 spiro atoms. The number of nitrogens with zero attached hydrogens (tertiary/aromatic N) is 1. The van der Waals surface area contributed by atoms with Gasteiger partial charge in [-0.05, 0) is 74.8 Å². The zero-order chi connectivity index (χ0) is 28.0. The van der Waals surface area contributed by atoms with Crippen LogP contribution in [0.4, 0.5) is 0 Å². The molecule has 212 valence electrons. The quantitative estimate of drug-likeness (QED) is 0.0702. The van der Waals surface area contributed by atoms with E-state index in [4.69, 9.17) is 4.74 Å². The van der Waals surface area contributed by atoms with Crippen molar-refractivity contribution in [2.75, 3.05) is 0 Å². The second-order valence-electron chi connectivity index (χ2n) is 10.1. The molecule has 0 aromatic heterocycles. The van der Waals surface area contributed by atoms with Crippen molar-refractivity contribution in [2.24, 2.45) is 11.8 Å². The molecule has 3 N–H and O–H groups in total. The summed E-state index contributed by atoms with van der Waals surface area (Å²) in [6.07, 6.45) is 7.44. The molecule has 0 radical (unpaired) electrons. The zero-order valence-electron chi connectivity index (χ0n) is 22.1. The third-order valence-electron chi connectivity index (χ3n) is 7.31. The van der Waals surface area contributed by atoms with Crippen molar-refractivity contribution >= 4 is 5.97 Å². The number of aliphatic hydroxyl groups is 3. The molecule has 1 aliphatic rings. The molecule has 0 aliphatic heterocycles. The first-order valence-electron chi connectivity index (χ1n) is 13.6. The number of hydrogen-bond acceptors (Lipinski definition) is 8. The second kappa shape index (κ2) is 16.0. The molecular weight excluding hydrogens is 502 g/mol. The molecule has 0 heterocycles. The van der Waals surface area contributed by atoms with Crippen molar-refractivity contribution in [1.29, 1.82) is 0 Å². The van der Waals surface area contributed by atoms with E-state index in [1.54, 1.807) is 24.3 Å². The van der Waals surface area contributed by atoms with Crippen molar-refractivity contribution < 1.29 is 34.8 Å². The highest BCUT2D eigenvalue weighted by molar-refractivity contribution is 5.72. The minimum absolute atomic E-state index is 0.0645. The number of aliphatic hydroxyl groups excluding tert-OH is 3. The predicted octanol–water partition coefficient (Wildman–Crippen LogP) is 4.55. The van der Waals surface area contributed by atoms with Crippen molar-refractivity contribution in [3.05, 3.63) is 88.0 Å². The van der Waals surface area contributed by atoms with Crippen molar-refractivity contribution in [2.45, 2.75) is 82.7 Å². The van der Waals surface area contributed by atoms with Gasteiger partial charge in [0.25, 0.3) is 5.09 Å². The van der Waals surface area contributed by atoms with Crippen molar-refractivity contribution in [3.8, 4) is 5.75 Å². The third-order valence-corrected chi connectivity index (χ3v) is 7.31. The number of rotatable bonds is 16. The SMILES string of the molecule is O=C(CCC/C=C\C[C@@H]1[C@@H](CC[C@@H](O)CCc2ccccc2)[C@H](O)C[C@@H]1O)Oc1ccccc1CO[N+](=O)[O-]. The Labute approximate surface area is 229 Å². The average molecular weight is 542 g/mol. The Morgan fingerprint density at radius 1 is 1.03 bits per heavy atom. The molecule has 9 heteroatoms. The van der Waals surface area contributed by atoms with E-state index in [1.165, 1.54) is 5.56 Å². The minimum Gasteiger partial charge on any atom is -0.426 e. The van der Waals surface area contributed by atoms with Crippen LogP contribution in [0.3, 0.4) is 0 Å². The Morgan fingerprint density at radius 2 is 1.74 bits per heavy atom. The van der Waals surface area contributed by atoms with E-state index in [0.29, 0.717) is 50.5 Å². The molecule has 9 nitrogen and oxygen atoms in total. The van der Waals surface area contributed by atoms with Gasteiger partial charge in [0.1, 0.15) is 12.4 Å². The molecule has 0 amide bonds. The number of carbonyl (C=O) groups is 1. The summed E-state index contributed by atoms with van der Waals surface area (Å²) >= 11 is 0. The van der Waals surface area contributed by atoms with Crippen LogP contribution < -0.4 is 4.74 Å². The lowest BCUT2D eigenvalue weighted by Crippen LogP contribution is -2.23. The monoisotopic (exact) mass is 541 g/mol. The van der Waals surface area contributed by atoms with Gasteiger partial charge in [0.2, 0.25) is 0 Å². The Hall–Kier alpha value is -3.27. The molecule has 1 fully saturated rings. The third kappa shape index (κ3) is 10.4. The number of esters is 1. The summed E-state index contributed by atoms with van der Waals surface area (Å²) in [5, 5.41) is 41.0. The topological polar surface area (TPSA) is 139 Å². The number of hydrogen-bond donors (Lipinski definition) is 3. The first-order valence-corrected chi connectivity index (χ1v) is 13.6. The fourth-order valence-corrected chi connectivity index (χ4v) is 5.17. The first kappa shape index (κ1) is 30.3. The summed E-state index contributed by atoms with van der Waals surface area (Å²) in [5.74, 6) is -0.326. The molecule has 2 aromatic carbocycles. The van der Waals surface area contributed by atoms with Crippen LogP contribution in [0.5, 0.6) is 5.75 Å². The van der Waals surface area contributed by atoms with Gasteiger partial charge in [-0.1, -0.05) is 60.7 Å². The number of benzene rings is 2.